The van der Waals surface area contributed by atoms with Crippen LogP contribution in [0.2, 0.25) is 0 Å². The Kier molecular flexibility index (Phi) is 6.47. The molecule has 0 bridgehead atoms. The minimum absolute atomic E-state index is 0.0629. The minimum atomic E-state index is -3.74. The van der Waals surface area contributed by atoms with Crippen molar-refractivity contribution in [3.63, 3.8) is 0 Å². The van der Waals surface area contributed by atoms with Crippen LogP contribution in [0, 0.1) is 13.8 Å². The molecule has 1 aromatic carbocycles. The molecule has 1 aliphatic rings. The number of thiazole rings is 1. The van der Waals surface area contributed by atoms with E-state index < -0.39 is 10.0 Å². The second kappa shape index (κ2) is 9.14. The molecule has 2 N–H and O–H groups in total. The summed E-state index contributed by atoms with van der Waals surface area (Å²) in [4.78, 5) is 22.1. The highest BCUT2D eigenvalue weighted by Crippen LogP contribution is 2.23. The SMILES string of the molecule is Cc1cc(C(=O)CN2CCCN(c3nccs3)CC2)c(C)n1-c1ccc(S(N)(=O)=O)cc1. The van der Waals surface area contributed by atoms with Gasteiger partial charge in [-0.05, 0) is 50.6 Å². The van der Waals surface area contributed by atoms with E-state index in [4.69, 9.17) is 5.14 Å². The smallest absolute Gasteiger partial charge is 0.238 e. The number of nitrogens with two attached hydrogens (primary N) is 1. The molecule has 1 fully saturated rings. The highest BCUT2D eigenvalue weighted by molar-refractivity contribution is 7.89. The fraction of sp³-hybridized carbons (Fsp3) is 0.364. The Morgan fingerprint density at radius 2 is 1.88 bits per heavy atom. The lowest BCUT2D eigenvalue weighted by Gasteiger charge is -2.21. The van der Waals surface area contributed by atoms with Crippen molar-refractivity contribution in [1.82, 2.24) is 14.5 Å². The predicted octanol–water partition coefficient (Wildman–Crippen LogP) is 2.59. The van der Waals surface area contributed by atoms with Crippen LogP contribution < -0.4 is 10.0 Å². The molecule has 0 unspecified atom stereocenters. The number of rotatable bonds is 6. The third-order valence-electron chi connectivity index (χ3n) is 5.80. The Labute approximate surface area is 192 Å². The van der Waals surface area contributed by atoms with Crippen molar-refractivity contribution < 1.29 is 13.2 Å². The molecule has 4 rings (SSSR count). The maximum atomic E-state index is 13.2. The maximum Gasteiger partial charge on any atom is 0.238 e. The molecule has 0 spiro atoms. The monoisotopic (exact) mass is 473 g/mol. The number of benzene rings is 1. The molecule has 32 heavy (non-hydrogen) atoms. The van der Waals surface area contributed by atoms with Gasteiger partial charge >= 0.3 is 0 Å². The predicted molar refractivity (Wildman–Crippen MR) is 126 cm³/mol. The molecule has 1 saturated heterocycles. The maximum absolute atomic E-state index is 13.2. The quantitative estimate of drug-likeness (QED) is 0.552. The molecule has 3 aromatic rings. The Bertz CT molecular complexity index is 1200. The average Bonchev–Trinajstić information content (AvgIpc) is 3.31. The highest BCUT2D eigenvalue weighted by Gasteiger charge is 2.22. The number of primary sulfonamides is 1. The van der Waals surface area contributed by atoms with Gasteiger partial charge in [0.25, 0.3) is 0 Å². The summed E-state index contributed by atoms with van der Waals surface area (Å²) in [5.74, 6) is 0.0909. The van der Waals surface area contributed by atoms with Crippen LogP contribution in [0.15, 0.2) is 46.8 Å². The Hall–Kier alpha value is -2.53. The summed E-state index contributed by atoms with van der Waals surface area (Å²) in [6, 6.07) is 8.28. The Balaban J connectivity index is 1.48. The van der Waals surface area contributed by atoms with Gasteiger partial charge in [-0.15, -0.1) is 11.3 Å². The van der Waals surface area contributed by atoms with Crippen LogP contribution in [0.4, 0.5) is 5.13 Å². The van der Waals surface area contributed by atoms with Gasteiger partial charge in [0.15, 0.2) is 10.9 Å². The second-order valence-corrected chi connectivity index (χ2v) is 10.4. The summed E-state index contributed by atoms with van der Waals surface area (Å²) in [6.07, 6.45) is 2.81. The molecule has 0 radical (unpaired) electrons. The summed E-state index contributed by atoms with van der Waals surface area (Å²) in [5, 5.41) is 8.22. The number of Topliss-reactive ketones (excluding diaryl/α,β-unsaturated/α-hetero) is 1. The molecule has 0 aliphatic carbocycles. The normalized spacial score (nSPS) is 15.7. The summed E-state index contributed by atoms with van der Waals surface area (Å²) >= 11 is 1.64. The van der Waals surface area contributed by atoms with Gasteiger partial charge in [0, 0.05) is 60.4 Å². The minimum Gasteiger partial charge on any atom is -0.347 e. The third kappa shape index (κ3) is 4.78. The number of anilines is 1. The molecule has 0 saturated carbocycles. The van der Waals surface area contributed by atoms with Crippen LogP contribution >= 0.6 is 11.3 Å². The first-order valence-electron chi connectivity index (χ1n) is 10.5. The van der Waals surface area contributed by atoms with Gasteiger partial charge in [0.2, 0.25) is 10.0 Å². The van der Waals surface area contributed by atoms with Gasteiger partial charge in [-0.3, -0.25) is 9.69 Å². The number of hydrogen-bond acceptors (Lipinski definition) is 7. The lowest BCUT2D eigenvalue weighted by molar-refractivity contribution is 0.0934. The average molecular weight is 474 g/mol. The molecule has 170 valence electrons. The zero-order valence-electron chi connectivity index (χ0n) is 18.2. The van der Waals surface area contributed by atoms with Gasteiger partial charge in [-0.1, -0.05) is 0 Å². The molecule has 1 aliphatic heterocycles. The number of carbonyl (C=O) groups excluding carboxylic acids is 1. The van der Waals surface area contributed by atoms with Crippen LogP contribution in [0.25, 0.3) is 5.69 Å². The van der Waals surface area contributed by atoms with E-state index in [1.807, 2.05) is 36.1 Å². The van der Waals surface area contributed by atoms with Crippen molar-refractivity contribution in [3.8, 4) is 5.69 Å². The van der Waals surface area contributed by atoms with Crippen LogP contribution in [-0.2, 0) is 10.0 Å². The largest absolute Gasteiger partial charge is 0.347 e. The first-order valence-corrected chi connectivity index (χ1v) is 12.9. The summed E-state index contributed by atoms with van der Waals surface area (Å²) in [5.41, 5.74) is 3.24. The van der Waals surface area contributed by atoms with Gasteiger partial charge < -0.3 is 9.47 Å². The van der Waals surface area contributed by atoms with E-state index in [-0.39, 0.29) is 10.7 Å². The van der Waals surface area contributed by atoms with Crippen LogP contribution in [-0.4, -0.2) is 61.4 Å². The van der Waals surface area contributed by atoms with E-state index in [1.165, 1.54) is 12.1 Å². The first-order chi connectivity index (χ1) is 15.2. The summed E-state index contributed by atoms with van der Waals surface area (Å²) in [6.45, 7) is 7.73. The lowest BCUT2D eigenvalue weighted by Crippen LogP contribution is -2.34. The van der Waals surface area contributed by atoms with Crippen LogP contribution in [0.5, 0.6) is 0 Å². The summed E-state index contributed by atoms with van der Waals surface area (Å²) < 4.78 is 25.0. The number of aryl methyl sites for hydroxylation is 1. The lowest BCUT2D eigenvalue weighted by atomic mass is 10.1. The van der Waals surface area contributed by atoms with E-state index in [0.29, 0.717) is 12.1 Å². The van der Waals surface area contributed by atoms with Crippen LogP contribution in [0.3, 0.4) is 0 Å². The number of aromatic nitrogens is 2. The molecule has 2 aromatic heterocycles. The van der Waals surface area contributed by atoms with E-state index in [9.17, 15) is 13.2 Å². The molecule has 3 heterocycles. The van der Waals surface area contributed by atoms with Crippen molar-refractivity contribution in [2.75, 3.05) is 37.6 Å². The molecular weight excluding hydrogens is 446 g/mol. The van der Waals surface area contributed by atoms with Crippen molar-refractivity contribution in [1.29, 1.82) is 0 Å². The van der Waals surface area contributed by atoms with E-state index in [1.54, 1.807) is 23.5 Å². The topological polar surface area (TPSA) is 102 Å². The standard InChI is InChI=1S/C22H27N5O3S2/c1-16-14-20(17(2)27(16)18-4-6-19(7-5-18)32(23,29)30)21(28)15-25-9-3-10-26(12-11-25)22-24-8-13-31-22/h4-8,13-14H,3,9-12,15H2,1-2H3,(H2,23,29,30). The number of carbonyl (C=O) groups is 1. The van der Waals surface area contributed by atoms with Crippen molar-refractivity contribution >= 4 is 32.3 Å². The molecule has 0 atom stereocenters. The Morgan fingerprint density at radius 1 is 1.12 bits per heavy atom. The molecule has 10 heteroatoms. The fourth-order valence-electron chi connectivity index (χ4n) is 4.21. The number of sulfonamides is 1. The van der Waals surface area contributed by atoms with Crippen molar-refractivity contribution in [2.24, 2.45) is 5.14 Å². The number of nitrogens with zero attached hydrogens (tertiary/aromatic N) is 4. The first kappa shape index (κ1) is 22.7. The second-order valence-electron chi connectivity index (χ2n) is 8.01. The van der Waals surface area contributed by atoms with Crippen molar-refractivity contribution in [2.45, 2.75) is 25.2 Å². The summed E-state index contributed by atoms with van der Waals surface area (Å²) in [7, 11) is -3.74. The van der Waals surface area contributed by atoms with Crippen LogP contribution in [0.1, 0.15) is 28.2 Å². The van der Waals surface area contributed by atoms with E-state index in [2.05, 4.69) is 14.8 Å². The zero-order valence-corrected chi connectivity index (χ0v) is 19.8. The molecule has 0 amide bonds. The Morgan fingerprint density at radius 3 is 2.53 bits per heavy atom. The van der Waals surface area contributed by atoms with E-state index in [0.717, 1.165) is 54.8 Å². The van der Waals surface area contributed by atoms with Gasteiger partial charge in [0.1, 0.15) is 0 Å². The van der Waals surface area contributed by atoms with Crippen molar-refractivity contribution in [3.05, 3.63) is 58.9 Å². The van der Waals surface area contributed by atoms with E-state index >= 15 is 0 Å². The molecular formula is C22H27N5O3S2. The van der Waals surface area contributed by atoms with Gasteiger partial charge in [0.05, 0.1) is 11.4 Å². The van der Waals surface area contributed by atoms with Gasteiger partial charge in [-0.25, -0.2) is 18.5 Å². The number of ketones is 1. The molecule has 8 nitrogen and oxygen atoms in total. The number of hydrogen-bond donors (Lipinski definition) is 1. The fourth-order valence-corrected chi connectivity index (χ4v) is 5.42. The third-order valence-corrected chi connectivity index (χ3v) is 7.56. The van der Waals surface area contributed by atoms with Gasteiger partial charge in [-0.2, -0.15) is 0 Å². The zero-order chi connectivity index (χ0) is 22.9. The highest BCUT2D eigenvalue weighted by atomic mass is 32.2.